The molecule has 0 aliphatic heterocycles. The Morgan fingerprint density at radius 1 is 0.203 bits per heavy atom. The van der Waals surface area contributed by atoms with Crippen LogP contribution in [-0.4, -0.2) is 61.2 Å². The number of hydrogen-bond donors (Lipinski definition) is 0. The molecule has 0 aromatic rings. The summed E-state index contributed by atoms with van der Waals surface area (Å²) >= 11 is 0. The first kappa shape index (κ1) is 78.0. The summed E-state index contributed by atoms with van der Waals surface area (Å²) in [7, 11) is -1.39. The lowest BCUT2D eigenvalue weighted by Crippen LogP contribution is -2.27. The van der Waals surface area contributed by atoms with Gasteiger partial charge in [-0.3, -0.25) is 0 Å². The topological polar surface area (TPSA) is 80.3 Å². The number of carbonyl (C=O) groups is 2. The first-order valence-electron chi connectivity index (χ1n) is 34.2. The number of carboxylic acid groups (broad SMARTS) is 2. The molecule has 0 unspecified atom stereocenters. The normalized spacial score (nSPS) is 11.6. The highest BCUT2D eigenvalue weighted by atomic mass is 31.2. The largest absolute Gasteiger partial charge is 0.550 e. The van der Waals surface area contributed by atoms with Crippen LogP contribution in [0.15, 0.2) is 0 Å². The van der Waals surface area contributed by atoms with Gasteiger partial charge in [0.2, 0.25) is 0 Å². The van der Waals surface area contributed by atoms with Crippen molar-refractivity contribution in [3.63, 3.8) is 0 Å². The van der Waals surface area contributed by atoms with Gasteiger partial charge < -0.3 is 19.8 Å². The lowest BCUT2D eigenvalue weighted by atomic mass is 10.1. The number of carbonyl (C=O) groups excluding carboxylic acids is 2. The van der Waals surface area contributed by atoms with Crippen molar-refractivity contribution in [1.82, 2.24) is 0 Å². The van der Waals surface area contributed by atoms with E-state index in [1.807, 2.05) is 0 Å². The molecule has 0 amide bonds. The minimum Gasteiger partial charge on any atom is -0.550 e. The molecule has 6 heteroatoms. The third kappa shape index (κ3) is 61.0. The average molecular weight is 1080 g/mol. The van der Waals surface area contributed by atoms with Gasteiger partial charge in [-0.2, -0.15) is 0 Å². The van der Waals surface area contributed by atoms with Gasteiger partial charge in [0.15, 0.2) is 0 Å². The molecule has 0 radical (unpaired) electrons. The van der Waals surface area contributed by atoms with E-state index in [2.05, 4.69) is 55.4 Å². The van der Waals surface area contributed by atoms with Crippen molar-refractivity contribution in [1.29, 1.82) is 0 Å². The molecule has 446 valence electrons. The zero-order chi connectivity index (χ0) is 55.2. The van der Waals surface area contributed by atoms with Gasteiger partial charge in [0.1, 0.15) is 0 Å². The predicted molar refractivity (Wildman–Crippen MR) is 339 cm³/mol. The second kappa shape index (κ2) is 65.3. The smallest absolute Gasteiger partial charge is 0.0594 e. The van der Waals surface area contributed by atoms with Crippen LogP contribution in [0.25, 0.3) is 0 Å². The summed E-state index contributed by atoms with van der Waals surface area (Å²) in [5.41, 5.74) is 0. The highest BCUT2D eigenvalue weighted by Crippen LogP contribution is 2.62. The summed E-state index contributed by atoms with van der Waals surface area (Å²) in [6.07, 6.45) is 83.2. The van der Waals surface area contributed by atoms with Gasteiger partial charge in [0, 0.05) is 26.5 Å². The minimum absolute atomic E-state index is 0.470. The van der Waals surface area contributed by atoms with E-state index in [0.29, 0.717) is 0 Å². The number of unbranched alkanes of at least 4 members (excludes halogenated alkanes) is 40. The highest BCUT2D eigenvalue weighted by Gasteiger charge is 2.36. The summed E-state index contributed by atoms with van der Waals surface area (Å²) < 4.78 is 0. The molecule has 0 bridgehead atoms. The monoisotopic (exact) mass is 1080 g/mol. The van der Waals surface area contributed by atoms with E-state index < -0.39 is 39.3 Å². The second-order valence-electron chi connectivity index (χ2n) is 23.9. The summed E-state index contributed by atoms with van der Waals surface area (Å²) in [4.78, 5) is 19.0. The van der Waals surface area contributed by atoms with Gasteiger partial charge in [-0.05, 0) is 116 Å². The van der Waals surface area contributed by atoms with Gasteiger partial charge >= 0.3 is 0 Å². The Hall–Kier alpha value is -0.200. The molecule has 0 heterocycles. The molecule has 0 aromatic heterocycles. The van der Waals surface area contributed by atoms with Crippen LogP contribution >= 0.6 is 14.5 Å². The number of hydrogen-bond acceptors (Lipinski definition) is 4. The third-order valence-electron chi connectivity index (χ3n) is 16.4. The highest BCUT2D eigenvalue weighted by molar-refractivity contribution is 7.76. The number of aliphatic carboxylic acids is 2. The van der Waals surface area contributed by atoms with E-state index in [-0.39, 0.29) is 0 Å². The van der Waals surface area contributed by atoms with E-state index in [4.69, 9.17) is 0 Å². The van der Waals surface area contributed by atoms with Gasteiger partial charge in [0.25, 0.3) is 0 Å². The van der Waals surface area contributed by atoms with Crippen LogP contribution in [0.4, 0.5) is 0 Å². The van der Waals surface area contributed by atoms with Crippen molar-refractivity contribution >= 4 is 26.5 Å². The molecular weight excluding hydrogens is 943 g/mol. The van der Waals surface area contributed by atoms with Crippen molar-refractivity contribution in [2.45, 2.75) is 376 Å². The summed E-state index contributed by atoms with van der Waals surface area (Å²) in [6.45, 7) is 18.8. The minimum atomic E-state index is -1.37. The zero-order valence-electron chi connectivity index (χ0n) is 52.5. The first-order valence-corrected chi connectivity index (χ1v) is 39.3. The Balaban J connectivity index is -0.00000118. The predicted octanol–water partition coefficient (Wildman–Crippen LogP) is 22.2. The Morgan fingerprint density at radius 2 is 0.311 bits per heavy atom. The molecule has 0 N–H and O–H groups in total. The molecule has 0 atom stereocenters. The molecular formula is C68H140O4P2. The maximum Gasteiger partial charge on any atom is 0.0594 e. The van der Waals surface area contributed by atoms with Crippen LogP contribution in [0.2, 0.25) is 0 Å². The fourth-order valence-electron chi connectivity index (χ4n) is 11.4. The molecule has 0 aliphatic carbocycles. The van der Waals surface area contributed by atoms with Crippen LogP contribution in [0.3, 0.4) is 0 Å². The van der Waals surface area contributed by atoms with Crippen LogP contribution < -0.4 is 10.2 Å². The molecule has 0 saturated heterocycles. The lowest BCUT2D eigenvalue weighted by Gasteiger charge is -2.28. The van der Waals surface area contributed by atoms with Crippen molar-refractivity contribution < 1.29 is 19.8 Å². The van der Waals surface area contributed by atoms with Gasteiger partial charge in [-0.1, -0.05) is 261 Å². The molecule has 0 fully saturated rings. The van der Waals surface area contributed by atoms with E-state index >= 15 is 0 Å². The fourth-order valence-corrected chi connectivity index (χ4v) is 21.2. The average Bonchev–Trinajstić information content (AvgIpc) is 3.39. The molecule has 0 saturated carbocycles. The van der Waals surface area contributed by atoms with Crippen LogP contribution in [0, 0.1) is 0 Å². The van der Waals surface area contributed by atoms with E-state index in [9.17, 15) is 19.8 Å². The fraction of sp³-hybridized carbons (Fsp3) is 0.971. The maximum atomic E-state index is 9.50. The standard InChI is InChI=1S/2C32H68P.C4H6O4/c2*1-5-9-13-17-18-19-20-21-22-23-24-28-32-33(29-25-14-10-6-2,30-26-15-11-7-3)31-27-16-12-8-4;5-3(6)1-2-4(7)8/h2*5-32H2,1-4H3;1-2H2,(H,5,6)(H,7,8)/q2*+1;/p-2. The number of carboxylic acids is 2. The van der Waals surface area contributed by atoms with E-state index in [0.717, 1.165) is 0 Å². The zero-order valence-corrected chi connectivity index (χ0v) is 54.3. The van der Waals surface area contributed by atoms with Crippen molar-refractivity contribution in [2.24, 2.45) is 0 Å². The van der Waals surface area contributed by atoms with Gasteiger partial charge in [-0.25, -0.2) is 0 Å². The number of rotatable bonds is 59. The van der Waals surface area contributed by atoms with E-state index in [1.54, 1.807) is 101 Å². The quantitative estimate of drug-likeness (QED) is 0.0449. The summed E-state index contributed by atoms with van der Waals surface area (Å²) in [5, 5.41) is 19.0. The first-order chi connectivity index (χ1) is 36.1. The van der Waals surface area contributed by atoms with E-state index in [1.165, 1.54) is 257 Å². The van der Waals surface area contributed by atoms with Crippen molar-refractivity contribution in [2.75, 3.05) is 49.3 Å². The Morgan fingerprint density at radius 3 is 0.432 bits per heavy atom. The second-order valence-corrected chi connectivity index (χ2v) is 32.8. The van der Waals surface area contributed by atoms with Gasteiger partial charge in [0.05, 0.1) is 49.3 Å². The van der Waals surface area contributed by atoms with Gasteiger partial charge in [-0.15, -0.1) is 0 Å². The lowest BCUT2D eigenvalue weighted by molar-refractivity contribution is -0.315. The Bertz CT molecular complexity index is 922. The van der Waals surface area contributed by atoms with Crippen LogP contribution in [0.5, 0.6) is 0 Å². The molecule has 0 aliphatic rings. The van der Waals surface area contributed by atoms with Crippen molar-refractivity contribution in [3.05, 3.63) is 0 Å². The molecule has 4 nitrogen and oxygen atoms in total. The molecule has 74 heavy (non-hydrogen) atoms. The Kier molecular flexibility index (Phi) is 68.9. The summed E-state index contributed by atoms with van der Waals surface area (Å²) in [5.74, 6) is -2.73. The van der Waals surface area contributed by atoms with Crippen LogP contribution in [0.1, 0.15) is 376 Å². The van der Waals surface area contributed by atoms with Crippen LogP contribution in [-0.2, 0) is 9.59 Å². The Labute approximate surface area is 469 Å². The molecule has 0 rings (SSSR count). The molecule has 0 spiro atoms. The SMILES string of the molecule is CCCCCCCCCCCCCC[P+](CCCCCC)(CCCCCC)CCCCCC.CCCCCCCCCCCCCC[P+](CCCCCC)(CCCCCC)CCCCCC.O=C([O-])CCC(=O)[O-]. The summed E-state index contributed by atoms with van der Waals surface area (Å²) in [6, 6.07) is 0. The maximum absolute atomic E-state index is 9.50. The third-order valence-corrected chi connectivity index (χ3v) is 26.5. The molecule has 0 aromatic carbocycles. The van der Waals surface area contributed by atoms with Crippen molar-refractivity contribution in [3.8, 4) is 0 Å².